The van der Waals surface area contributed by atoms with Gasteiger partial charge in [0.15, 0.2) is 0 Å². The molecule has 0 atom stereocenters. The summed E-state index contributed by atoms with van der Waals surface area (Å²) in [5.41, 5.74) is 7.79. The third-order valence-electron chi connectivity index (χ3n) is 2.47. The second kappa shape index (κ2) is 6.35. The number of ether oxygens (including phenoxy) is 2. The van der Waals surface area contributed by atoms with Gasteiger partial charge in [-0.05, 0) is 30.8 Å². The van der Waals surface area contributed by atoms with Gasteiger partial charge in [-0.15, -0.1) is 0 Å². The van der Waals surface area contributed by atoms with Crippen LogP contribution in [0.2, 0.25) is 0 Å². The van der Waals surface area contributed by atoms with Crippen LogP contribution in [0.3, 0.4) is 0 Å². The van der Waals surface area contributed by atoms with Crippen LogP contribution in [-0.4, -0.2) is 39.3 Å². The predicted octanol–water partition coefficient (Wildman–Crippen LogP) is 1.36. The maximum atomic E-state index is 5.91. The average Bonchev–Trinajstić information content (AvgIpc) is 2.29. The van der Waals surface area contributed by atoms with Gasteiger partial charge >= 0.3 is 0 Å². The minimum Gasteiger partial charge on any atom is -0.497 e. The van der Waals surface area contributed by atoms with E-state index in [0.29, 0.717) is 0 Å². The Morgan fingerprint density at radius 1 is 1.31 bits per heavy atom. The minimum absolute atomic E-state index is 0.723. The number of nitrogens with zero attached hydrogens (tertiary/aromatic N) is 1. The fourth-order valence-corrected chi connectivity index (χ4v) is 1.46. The molecule has 0 aliphatic carbocycles. The van der Waals surface area contributed by atoms with Gasteiger partial charge in [-0.3, -0.25) is 4.90 Å². The first kappa shape index (κ1) is 12.8. The van der Waals surface area contributed by atoms with Gasteiger partial charge in [-0.2, -0.15) is 0 Å². The molecule has 0 aliphatic rings. The van der Waals surface area contributed by atoms with E-state index >= 15 is 0 Å². The lowest BCUT2D eigenvalue weighted by atomic mass is 10.1. The molecule has 0 saturated heterocycles. The van der Waals surface area contributed by atoms with Gasteiger partial charge < -0.3 is 15.2 Å². The summed E-state index contributed by atoms with van der Waals surface area (Å²) in [7, 11) is 5.40. The molecule has 4 nitrogen and oxygen atoms in total. The maximum absolute atomic E-state index is 5.91. The number of likely N-dealkylation sites (N-methyl/N-ethyl adjacent to an activating group) is 1. The monoisotopic (exact) mass is 224 g/mol. The number of methoxy groups -OCH3 is 2. The molecule has 1 aromatic carbocycles. The Hall–Kier alpha value is -1.26. The zero-order chi connectivity index (χ0) is 12.0. The van der Waals surface area contributed by atoms with E-state index in [-0.39, 0.29) is 0 Å². The number of nitrogen functional groups attached to an aromatic ring is 1. The summed E-state index contributed by atoms with van der Waals surface area (Å²) in [6.45, 7) is 2.40. The predicted molar refractivity (Wildman–Crippen MR) is 65.6 cm³/mol. The van der Waals surface area contributed by atoms with Gasteiger partial charge in [0, 0.05) is 25.9 Å². The Labute approximate surface area is 96.9 Å². The van der Waals surface area contributed by atoms with Crippen molar-refractivity contribution >= 4 is 5.69 Å². The Balaban J connectivity index is 2.64. The Bertz CT molecular complexity index is 329. The molecule has 0 spiro atoms. The molecule has 0 fully saturated rings. The van der Waals surface area contributed by atoms with E-state index < -0.39 is 0 Å². The van der Waals surface area contributed by atoms with Gasteiger partial charge in [0.1, 0.15) is 5.75 Å². The number of anilines is 1. The minimum atomic E-state index is 0.723. The fraction of sp³-hybridized carbons (Fsp3) is 0.500. The normalized spacial score (nSPS) is 10.8. The van der Waals surface area contributed by atoms with Crippen LogP contribution < -0.4 is 10.5 Å². The van der Waals surface area contributed by atoms with E-state index in [1.54, 1.807) is 14.2 Å². The van der Waals surface area contributed by atoms with Crippen molar-refractivity contribution in [1.82, 2.24) is 4.90 Å². The molecule has 1 aromatic rings. The molecule has 0 aliphatic heterocycles. The highest BCUT2D eigenvalue weighted by atomic mass is 16.5. The van der Waals surface area contributed by atoms with Crippen LogP contribution in [0, 0.1) is 0 Å². The van der Waals surface area contributed by atoms with Crippen LogP contribution in [0.15, 0.2) is 18.2 Å². The summed E-state index contributed by atoms with van der Waals surface area (Å²) in [6, 6.07) is 5.71. The zero-order valence-corrected chi connectivity index (χ0v) is 10.2. The Morgan fingerprint density at radius 3 is 2.69 bits per heavy atom. The van der Waals surface area contributed by atoms with E-state index in [1.165, 1.54) is 0 Å². The molecule has 0 aromatic heterocycles. The molecule has 4 heteroatoms. The largest absolute Gasteiger partial charge is 0.497 e. The lowest BCUT2D eigenvalue weighted by Gasteiger charge is -2.17. The second-order valence-electron chi connectivity index (χ2n) is 3.80. The van der Waals surface area contributed by atoms with Crippen LogP contribution in [-0.2, 0) is 11.3 Å². The third-order valence-corrected chi connectivity index (χ3v) is 2.47. The number of nitrogens with two attached hydrogens (primary N) is 1. The van der Waals surface area contributed by atoms with Crippen molar-refractivity contribution in [2.24, 2.45) is 0 Å². The SMILES string of the molecule is COCCN(C)Cc1cc(OC)ccc1N. The molecular formula is C12H20N2O2. The summed E-state index contributed by atoms with van der Waals surface area (Å²) in [5.74, 6) is 0.837. The molecule has 0 saturated carbocycles. The number of hydrogen-bond donors (Lipinski definition) is 1. The molecule has 2 N–H and O–H groups in total. The van der Waals surface area contributed by atoms with Crippen LogP contribution in [0.5, 0.6) is 5.75 Å². The van der Waals surface area contributed by atoms with E-state index in [1.807, 2.05) is 25.2 Å². The molecule has 16 heavy (non-hydrogen) atoms. The highest BCUT2D eigenvalue weighted by molar-refractivity contribution is 5.50. The van der Waals surface area contributed by atoms with Gasteiger partial charge in [-0.25, -0.2) is 0 Å². The molecule has 0 heterocycles. The Morgan fingerprint density at radius 2 is 2.06 bits per heavy atom. The van der Waals surface area contributed by atoms with Gasteiger partial charge in [0.05, 0.1) is 13.7 Å². The van der Waals surface area contributed by atoms with Gasteiger partial charge in [0.25, 0.3) is 0 Å². The van der Waals surface area contributed by atoms with Crippen LogP contribution in [0.25, 0.3) is 0 Å². The smallest absolute Gasteiger partial charge is 0.119 e. The Kier molecular flexibility index (Phi) is 5.08. The molecule has 0 amide bonds. The van der Waals surface area contributed by atoms with Crippen molar-refractivity contribution in [3.8, 4) is 5.75 Å². The number of benzene rings is 1. The average molecular weight is 224 g/mol. The van der Waals surface area contributed by atoms with Crippen molar-refractivity contribution in [2.45, 2.75) is 6.54 Å². The first-order valence-corrected chi connectivity index (χ1v) is 5.27. The number of hydrogen-bond acceptors (Lipinski definition) is 4. The molecule has 0 unspecified atom stereocenters. The number of rotatable bonds is 6. The van der Waals surface area contributed by atoms with Crippen molar-refractivity contribution in [3.63, 3.8) is 0 Å². The molecule has 1 rings (SSSR count). The van der Waals surface area contributed by atoms with Crippen LogP contribution in [0.1, 0.15) is 5.56 Å². The van der Waals surface area contributed by atoms with Gasteiger partial charge in [0.2, 0.25) is 0 Å². The second-order valence-corrected chi connectivity index (χ2v) is 3.80. The molecule has 0 radical (unpaired) electrons. The van der Waals surface area contributed by atoms with Crippen LogP contribution >= 0.6 is 0 Å². The first-order chi connectivity index (χ1) is 7.67. The molecule has 0 bridgehead atoms. The van der Waals surface area contributed by atoms with Crippen molar-refractivity contribution in [1.29, 1.82) is 0 Å². The third kappa shape index (κ3) is 3.72. The summed E-state index contributed by atoms with van der Waals surface area (Å²) in [5, 5.41) is 0. The van der Waals surface area contributed by atoms with E-state index in [2.05, 4.69) is 4.90 Å². The molecule has 90 valence electrons. The van der Waals surface area contributed by atoms with Crippen molar-refractivity contribution < 1.29 is 9.47 Å². The van der Waals surface area contributed by atoms with E-state index in [4.69, 9.17) is 15.2 Å². The van der Waals surface area contributed by atoms with Crippen molar-refractivity contribution in [3.05, 3.63) is 23.8 Å². The van der Waals surface area contributed by atoms with E-state index in [0.717, 1.165) is 36.7 Å². The maximum Gasteiger partial charge on any atom is 0.119 e. The quantitative estimate of drug-likeness (QED) is 0.741. The van der Waals surface area contributed by atoms with Crippen molar-refractivity contribution in [2.75, 3.05) is 40.2 Å². The summed E-state index contributed by atoms with van der Waals surface area (Å²) in [6.07, 6.45) is 0. The lowest BCUT2D eigenvalue weighted by Crippen LogP contribution is -2.22. The van der Waals surface area contributed by atoms with Crippen LogP contribution in [0.4, 0.5) is 5.69 Å². The summed E-state index contributed by atoms with van der Waals surface area (Å²) < 4.78 is 10.2. The van der Waals surface area contributed by atoms with E-state index in [9.17, 15) is 0 Å². The first-order valence-electron chi connectivity index (χ1n) is 5.27. The summed E-state index contributed by atoms with van der Waals surface area (Å²) in [4.78, 5) is 2.16. The standard InChI is InChI=1S/C12H20N2O2/c1-14(6-7-15-2)9-10-8-11(16-3)4-5-12(10)13/h4-5,8H,6-7,9,13H2,1-3H3. The fourth-order valence-electron chi connectivity index (χ4n) is 1.46. The molecular weight excluding hydrogens is 204 g/mol. The highest BCUT2D eigenvalue weighted by Gasteiger charge is 2.05. The topological polar surface area (TPSA) is 47.7 Å². The summed E-state index contributed by atoms with van der Waals surface area (Å²) >= 11 is 0. The zero-order valence-electron chi connectivity index (χ0n) is 10.2. The lowest BCUT2D eigenvalue weighted by molar-refractivity contribution is 0.158. The van der Waals surface area contributed by atoms with Gasteiger partial charge in [-0.1, -0.05) is 0 Å². The highest BCUT2D eigenvalue weighted by Crippen LogP contribution is 2.20.